The highest BCUT2D eigenvalue weighted by Crippen LogP contribution is 2.06. The van der Waals surface area contributed by atoms with E-state index in [9.17, 15) is 9.59 Å². The van der Waals surface area contributed by atoms with E-state index in [1.54, 1.807) is 24.7 Å². The van der Waals surface area contributed by atoms with Crippen molar-refractivity contribution in [3.05, 3.63) is 70.9 Å². The molecule has 0 saturated heterocycles. The molecule has 1 amide bonds. The minimum absolute atomic E-state index is 0.0484. The van der Waals surface area contributed by atoms with Gasteiger partial charge in [0.15, 0.2) is 0 Å². The van der Waals surface area contributed by atoms with Crippen LogP contribution in [0.4, 0.5) is 0 Å². The van der Waals surface area contributed by atoms with E-state index >= 15 is 0 Å². The minimum Gasteiger partial charge on any atom is -0.354 e. The number of carbonyl (C=O) groups excluding carboxylic acids is 1. The van der Waals surface area contributed by atoms with Crippen molar-refractivity contribution in [1.29, 1.82) is 0 Å². The fourth-order valence-electron chi connectivity index (χ4n) is 2.48. The molecule has 1 N–H and O–H groups in total. The lowest BCUT2D eigenvalue weighted by atomic mass is 10.1. The zero-order chi connectivity index (χ0) is 16.8. The molecule has 2 aromatic heterocycles. The summed E-state index contributed by atoms with van der Waals surface area (Å²) in [6.07, 6.45) is 6.17. The third-order valence-electron chi connectivity index (χ3n) is 3.77. The van der Waals surface area contributed by atoms with E-state index < -0.39 is 0 Å². The van der Waals surface area contributed by atoms with Crippen molar-refractivity contribution in [1.82, 2.24) is 20.1 Å². The first-order valence-corrected chi connectivity index (χ1v) is 7.84. The number of nitrogens with zero attached hydrogens (tertiary/aromatic N) is 3. The van der Waals surface area contributed by atoms with Gasteiger partial charge in [0.25, 0.3) is 5.56 Å². The van der Waals surface area contributed by atoms with E-state index in [1.807, 2.05) is 30.3 Å². The summed E-state index contributed by atoms with van der Waals surface area (Å²) < 4.78 is 1.38. The molecule has 1 aromatic carbocycles. The van der Waals surface area contributed by atoms with Gasteiger partial charge in [0.1, 0.15) is 0 Å². The molecule has 0 aliphatic rings. The van der Waals surface area contributed by atoms with Crippen LogP contribution in [0.5, 0.6) is 0 Å². The van der Waals surface area contributed by atoms with Crippen LogP contribution in [0.25, 0.3) is 10.8 Å². The molecule has 0 bridgehead atoms. The van der Waals surface area contributed by atoms with Crippen molar-refractivity contribution in [2.75, 3.05) is 6.54 Å². The lowest BCUT2D eigenvalue weighted by Crippen LogP contribution is -2.32. The molecule has 0 fully saturated rings. The van der Waals surface area contributed by atoms with Gasteiger partial charge in [-0.1, -0.05) is 24.3 Å². The predicted octanol–water partition coefficient (Wildman–Crippen LogP) is 1.54. The zero-order valence-corrected chi connectivity index (χ0v) is 13.2. The number of pyridine rings is 1. The summed E-state index contributed by atoms with van der Waals surface area (Å²) in [5.41, 5.74) is 0.887. The van der Waals surface area contributed by atoms with Crippen LogP contribution >= 0.6 is 0 Å². The maximum absolute atomic E-state index is 12.3. The number of benzene rings is 1. The summed E-state index contributed by atoms with van der Waals surface area (Å²) in [6.45, 7) is 0.722. The molecule has 3 rings (SSSR count). The average Bonchev–Trinajstić information content (AvgIpc) is 2.63. The molecule has 0 aliphatic heterocycles. The molecule has 6 heteroatoms. The minimum atomic E-state index is -0.141. The lowest BCUT2D eigenvalue weighted by Gasteiger charge is -2.07. The summed E-state index contributed by atoms with van der Waals surface area (Å²) in [5.74, 6) is -0.0484. The topological polar surface area (TPSA) is 76.9 Å². The normalized spacial score (nSPS) is 10.7. The second-order valence-corrected chi connectivity index (χ2v) is 5.47. The van der Waals surface area contributed by atoms with E-state index in [4.69, 9.17) is 0 Å². The van der Waals surface area contributed by atoms with Gasteiger partial charge in [-0.2, -0.15) is 5.10 Å². The number of hydrogen-bond donors (Lipinski definition) is 1. The number of amides is 1. The molecule has 122 valence electrons. The van der Waals surface area contributed by atoms with Gasteiger partial charge >= 0.3 is 0 Å². The molecule has 24 heavy (non-hydrogen) atoms. The number of carbonyl (C=O) groups is 1. The van der Waals surface area contributed by atoms with E-state index in [0.29, 0.717) is 31.3 Å². The first kappa shape index (κ1) is 15.9. The Hall–Kier alpha value is -3.02. The van der Waals surface area contributed by atoms with Crippen molar-refractivity contribution in [2.45, 2.75) is 19.4 Å². The van der Waals surface area contributed by atoms with Crippen LogP contribution in [-0.2, 0) is 17.8 Å². The van der Waals surface area contributed by atoms with Gasteiger partial charge in [0.2, 0.25) is 5.91 Å². The Morgan fingerprint density at radius 2 is 2.00 bits per heavy atom. The van der Waals surface area contributed by atoms with Gasteiger partial charge in [-0.3, -0.25) is 14.6 Å². The van der Waals surface area contributed by atoms with Gasteiger partial charge < -0.3 is 5.32 Å². The molecule has 6 nitrogen and oxygen atoms in total. The summed E-state index contributed by atoms with van der Waals surface area (Å²) in [5, 5.41) is 8.41. The van der Waals surface area contributed by atoms with Crippen LogP contribution in [0.15, 0.2) is 59.8 Å². The Morgan fingerprint density at radius 3 is 2.83 bits per heavy atom. The molecule has 0 radical (unpaired) electrons. The van der Waals surface area contributed by atoms with Gasteiger partial charge in [0.05, 0.1) is 18.1 Å². The van der Waals surface area contributed by atoms with E-state index in [-0.39, 0.29) is 11.5 Å². The largest absolute Gasteiger partial charge is 0.354 e. The van der Waals surface area contributed by atoms with Gasteiger partial charge in [0, 0.05) is 30.7 Å². The number of aryl methyl sites for hydroxylation is 1. The molecule has 0 atom stereocenters. The quantitative estimate of drug-likeness (QED) is 0.747. The molecule has 0 unspecified atom stereocenters. The highest BCUT2D eigenvalue weighted by Gasteiger charge is 2.05. The molecule has 0 aliphatic carbocycles. The van der Waals surface area contributed by atoms with E-state index in [0.717, 1.165) is 10.9 Å². The smallest absolute Gasteiger partial charge is 0.274 e. The molecular formula is C18H18N4O2. The third kappa shape index (κ3) is 3.84. The SMILES string of the molecule is O=C(CCc1cccnc1)NCCn1ncc2ccccc2c1=O. The standard InChI is InChI=1S/C18H18N4O2/c23-17(8-7-14-4-3-9-19-12-14)20-10-11-22-18(24)16-6-2-1-5-15(16)13-21-22/h1-6,9,12-13H,7-8,10-11H2,(H,20,23). The van der Waals surface area contributed by atoms with Crippen LogP contribution < -0.4 is 10.9 Å². The van der Waals surface area contributed by atoms with Crippen molar-refractivity contribution < 1.29 is 4.79 Å². The van der Waals surface area contributed by atoms with Crippen LogP contribution in [-0.4, -0.2) is 27.2 Å². The molecule has 2 heterocycles. The van der Waals surface area contributed by atoms with Crippen molar-refractivity contribution in [3.8, 4) is 0 Å². The fraction of sp³-hybridized carbons (Fsp3) is 0.222. The Morgan fingerprint density at radius 1 is 1.12 bits per heavy atom. The predicted molar refractivity (Wildman–Crippen MR) is 91.6 cm³/mol. The molecule has 0 saturated carbocycles. The lowest BCUT2D eigenvalue weighted by molar-refractivity contribution is -0.121. The van der Waals surface area contributed by atoms with Crippen molar-refractivity contribution >= 4 is 16.7 Å². The number of aromatic nitrogens is 3. The Labute approximate surface area is 139 Å². The maximum Gasteiger partial charge on any atom is 0.274 e. The van der Waals surface area contributed by atoms with Crippen LogP contribution in [0, 0.1) is 0 Å². The highest BCUT2D eigenvalue weighted by atomic mass is 16.1. The van der Waals surface area contributed by atoms with Gasteiger partial charge in [-0.05, 0) is 24.1 Å². The number of fused-ring (bicyclic) bond motifs is 1. The number of nitrogens with one attached hydrogen (secondary N) is 1. The average molecular weight is 322 g/mol. The first-order chi connectivity index (χ1) is 11.7. The molecular weight excluding hydrogens is 304 g/mol. The van der Waals surface area contributed by atoms with Gasteiger partial charge in [-0.25, -0.2) is 4.68 Å². The van der Waals surface area contributed by atoms with Gasteiger partial charge in [-0.15, -0.1) is 0 Å². The van der Waals surface area contributed by atoms with E-state index in [2.05, 4.69) is 15.4 Å². The van der Waals surface area contributed by atoms with Crippen molar-refractivity contribution in [2.24, 2.45) is 0 Å². The Bertz CT molecular complexity index is 890. The van der Waals surface area contributed by atoms with Crippen molar-refractivity contribution in [3.63, 3.8) is 0 Å². The molecule has 0 spiro atoms. The van der Waals surface area contributed by atoms with E-state index in [1.165, 1.54) is 4.68 Å². The third-order valence-corrected chi connectivity index (χ3v) is 3.77. The number of rotatable bonds is 6. The summed E-state index contributed by atoms with van der Waals surface area (Å²) in [7, 11) is 0. The second-order valence-electron chi connectivity index (χ2n) is 5.47. The highest BCUT2D eigenvalue weighted by molar-refractivity contribution is 5.80. The number of hydrogen-bond acceptors (Lipinski definition) is 4. The Kier molecular flexibility index (Phi) is 4.96. The summed E-state index contributed by atoms with van der Waals surface area (Å²) >= 11 is 0. The van der Waals surface area contributed by atoms with Crippen LogP contribution in [0.1, 0.15) is 12.0 Å². The Balaban J connectivity index is 1.52. The first-order valence-electron chi connectivity index (χ1n) is 7.84. The summed E-state index contributed by atoms with van der Waals surface area (Å²) in [6, 6.07) is 11.1. The second kappa shape index (κ2) is 7.50. The monoisotopic (exact) mass is 322 g/mol. The van der Waals surface area contributed by atoms with Crippen LogP contribution in [0.2, 0.25) is 0 Å². The zero-order valence-electron chi connectivity index (χ0n) is 13.2. The maximum atomic E-state index is 12.3. The molecule has 3 aromatic rings. The van der Waals surface area contributed by atoms with Crippen LogP contribution in [0.3, 0.4) is 0 Å². The fourth-order valence-corrected chi connectivity index (χ4v) is 2.48. The summed E-state index contributed by atoms with van der Waals surface area (Å²) in [4.78, 5) is 28.2.